The summed E-state index contributed by atoms with van der Waals surface area (Å²) in [6.45, 7) is 19.0. The zero-order chi connectivity index (χ0) is 65.7. The van der Waals surface area contributed by atoms with Crippen LogP contribution in [0.1, 0.15) is 111 Å². The highest BCUT2D eigenvalue weighted by Gasteiger charge is 2.36. The second kappa shape index (κ2) is 44.9. The molecular weight excluding hydrogens is 1340 g/mol. The lowest BCUT2D eigenvalue weighted by Crippen LogP contribution is -2.47. The highest BCUT2D eigenvalue weighted by molar-refractivity contribution is 7.73. The second-order valence-electron chi connectivity index (χ2n) is 18.0. The van der Waals surface area contributed by atoms with E-state index >= 15 is 0 Å². The van der Waals surface area contributed by atoms with Crippen LogP contribution in [0.2, 0.25) is 10.0 Å². The van der Waals surface area contributed by atoms with Gasteiger partial charge < -0.3 is 85.7 Å². The van der Waals surface area contributed by atoms with Crippen LogP contribution in [-0.2, 0) is 118 Å². The Morgan fingerprint density at radius 1 is 0.300 bits per heavy atom. The van der Waals surface area contributed by atoms with Crippen LogP contribution in [0.5, 0.6) is 0 Å². The van der Waals surface area contributed by atoms with Gasteiger partial charge in [0, 0.05) is 65.7 Å². The van der Waals surface area contributed by atoms with Gasteiger partial charge in [0.15, 0.2) is 0 Å². The van der Waals surface area contributed by atoms with Gasteiger partial charge in [0.25, 0.3) is 46.9 Å². The van der Waals surface area contributed by atoms with Crippen LogP contribution in [0.3, 0.4) is 0 Å². The number of benzene rings is 6. The maximum absolute atomic E-state index is 11.0. The van der Waals surface area contributed by atoms with Crippen molar-refractivity contribution in [2.45, 2.75) is 120 Å². The molecule has 0 amide bonds. The van der Waals surface area contributed by atoms with Crippen molar-refractivity contribution in [3.63, 3.8) is 0 Å². The molecule has 1 saturated heterocycles. The van der Waals surface area contributed by atoms with E-state index in [-0.39, 0.29) is 21.9 Å². The SMILES string of the molecule is CCc1cccc(CC)c1[NH3+].CCc1cccc(CC)c1[NH3+].CCc1cccc(CC)c1[NH3+].CCc1cccc(CC)c1[NH3+].O.O.O.O.O=P1([O-])OP(=O)([O-])OP(=O)([O-])OP(=O)([O-])OP(=O)([O-])OP(=O)([O-])O1.[NH3+]Cc1ccc(Cl)cc1.[NH3+]Cc1ccc(Cl)cc1. The van der Waals surface area contributed by atoms with Gasteiger partial charge in [-0.05, 0) is 75.6 Å². The molecule has 0 radical (unpaired) electrons. The van der Waals surface area contributed by atoms with Gasteiger partial charge in [-0.25, -0.2) is 25.9 Å². The summed E-state index contributed by atoms with van der Waals surface area (Å²) in [5, 5.41) is 1.57. The first-order valence-corrected chi connectivity index (χ1v) is 36.5. The first-order chi connectivity index (χ1) is 40.1. The van der Waals surface area contributed by atoms with E-state index in [1.54, 1.807) is 0 Å². The monoisotopic (exact) mass is 1430 g/mol. The van der Waals surface area contributed by atoms with Crippen molar-refractivity contribution in [3.05, 3.63) is 187 Å². The summed E-state index contributed by atoms with van der Waals surface area (Å²) in [6.07, 6.45) is 8.72. The second-order valence-corrected chi connectivity index (χ2v) is 28.1. The fraction of sp³-hybridized carbons (Fsp3) is 0.333. The fourth-order valence-corrected chi connectivity index (χ4v) is 16.0. The molecule has 28 nitrogen and oxygen atoms in total. The number of quaternary nitrogens is 6. The maximum Gasteiger partial charge on any atom is 0.280 e. The number of halogens is 2. The Morgan fingerprint density at radius 2 is 0.433 bits per heavy atom. The molecule has 1 aliphatic rings. The highest BCUT2D eigenvalue weighted by Crippen LogP contribution is 2.74. The molecule has 1 heterocycles. The molecule has 0 bridgehead atoms. The molecule has 90 heavy (non-hydrogen) atoms. The van der Waals surface area contributed by atoms with Gasteiger partial charge in [-0.3, -0.25) is 27.4 Å². The summed E-state index contributed by atoms with van der Waals surface area (Å²) in [4.78, 5) is 65.8. The lowest BCUT2D eigenvalue weighted by molar-refractivity contribution is -0.386. The van der Waals surface area contributed by atoms with E-state index in [2.05, 4.69) is 188 Å². The normalized spacial score (nSPS) is 21.6. The van der Waals surface area contributed by atoms with E-state index in [9.17, 15) is 56.8 Å². The van der Waals surface area contributed by atoms with Crippen molar-refractivity contribution in [3.8, 4) is 0 Å². The molecule has 0 saturated carbocycles. The number of hydrogen-bond acceptors (Lipinski definition) is 18. The van der Waals surface area contributed by atoms with E-state index < -0.39 is 46.9 Å². The highest BCUT2D eigenvalue weighted by atomic mass is 35.5. The molecule has 0 aliphatic carbocycles. The van der Waals surface area contributed by atoms with Crippen LogP contribution in [0.25, 0.3) is 0 Å². The summed E-state index contributed by atoms with van der Waals surface area (Å²) in [5.74, 6) is 0. The van der Waals surface area contributed by atoms with E-state index in [0.717, 1.165) is 74.5 Å². The lowest BCUT2D eigenvalue weighted by Gasteiger charge is -2.41. The molecule has 0 atom stereocenters. The minimum atomic E-state index is -6.56. The van der Waals surface area contributed by atoms with Gasteiger partial charge in [0.2, 0.25) is 0 Å². The molecule has 0 aromatic heterocycles. The van der Waals surface area contributed by atoms with E-state index in [1.165, 1.54) is 78.4 Å². The minimum Gasteiger partial charge on any atom is -0.756 e. The first kappa shape index (κ1) is 92.8. The standard InChI is InChI=1S/4C10H15N.2C7H8ClN.H6O18P6.4H2O/c4*1-3-8-6-5-7-9(4-2)10(8)11;2*8-7-3-1-6(5-9)2-4-7;1-19(2)13-20(3,4)15-22(7,8)17-24(11,12)18-23(9,10)16-21(5,6)14-19;;;;/h4*5-7H,3-4,11H2,1-2H3;2*1-4H,5,9H2;(H,1,2)(H,3,4)(H,5,6)(H,7,8)(H,9,10)(H,11,12);4*1H2. The maximum atomic E-state index is 11.0. The summed E-state index contributed by atoms with van der Waals surface area (Å²) < 4.78 is 83.4. The lowest BCUT2D eigenvalue weighted by atomic mass is 10.0. The van der Waals surface area contributed by atoms with Crippen molar-refractivity contribution in [1.82, 2.24) is 0 Å². The van der Waals surface area contributed by atoms with Crippen molar-refractivity contribution < 1.29 is 139 Å². The van der Waals surface area contributed by atoms with Crippen LogP contribution in [0.4, 0.5) is 22.7 Å². The summed E-state index contributed by atoms with van der Waals surface area (Å²) in [5.41, 5.74) is 42.1. The number of phosphoric acid groups is 6. The number of aryl methyl sites for hydroxylation is 8. The average molecular weight is 1430 g/mol. The minimum absolute atomic E-state index is 0. The summed E-state index contributed by atoms with van der Waals surface area (Å²) in [6, 6.07) is 41.1. The Balaban J connectivity index is -0.000000491. The van der Waals surface area contributed by atoms with Gasteiger partial charge in [-0.1, -0.05) is 176 Å². The molecule has 1 aliphatic heterocycles. The fourth-order valence-electron chi connectivity index (χ4n) is 7.53. The van der Waals surface area contributed by atoms with Crippen LogP contribution in [0, 0.1) is 0 Å². The predicted octanol–water partition coefficient (Wildman–Crippen LogP) is 2.51. The zero-order valence-corrected chi connectivity index (χ0v) is 58.5. The topological polar surface area (TPSA) is 588 Å². The predicted molar refractivity (Wildman–Crippen MR) is 334 cm³/mol. The van der Waals surface area contributed by atoms with Crippen LogP contribution in [-0.4, -0.2) is 21.9 Å². The molecule has 6 aromatic carbocycles. The van der Waals surface area contributed by atoms with Gasteiger partial charge in [0.05, 0.1) is 13.1 Å². The largest absolute Gasteiger partial charge is 0.756 e. The van der Waals surface area contributed by atoms with E-state index in [4.69, 9.17) is 23.2 Å². The quantitative estimate of drug-likeness (QED) is 0.107. The molecule has 0 unspecified atom stereocenters. The van der Waals surface area contributed by atoms with E-state index in [0.29, 0.717) is 0 Å². The smallest absolute Gasteiger partial charge is 0.280 e. The van der Waals surface area contributed by atoms with Gasteiger partial charge in [0.1, 0.15) is 22.7 Å². The van der Waals surface area contributed by atoms with Gasteiger partial charge in [-0.2, -0.15) is 0 Å². The third-order valence-electron chi connectivity index (χ3n) is 12.1. The molecule has 0 spiro atoms. The number of rotatable bonds is 10. The van der Waals surface area contributed by atoms with Gasteiger partial charge >= 0.3 is 0 Å². The average Bonchev–Trinajstić information content (AvgIpc) is 1.07. The Bertz CT molecular complexity index is 2810. The van der Waals surface area contributed by atoms with Crippen LogP contribution < -0.4 is 63.8 Å². The Labute approximate surface area is 536 Å². The van der Waals surface area contributed by atoms with Crippen molar-refractivity contribution in [2.24, 2.45) is 0 Å². The molecule has 7 rings (SSSR count). The Hall–Kier alpha value is -3.60. The van der Waals surface area contributed by atoms with Crippen LogP contribution >= 0.6 is 70.1 Å². The van der Waals surface area contributed by atoms with Crippen molar-refractivity contribution in [2.75, 3.05) is 0 Å². The zero-order valence-electron chi connectivity index (χ0n) is 51.6. The summed E-state index contributed by atoms with van der Waals surface area (Å²) >= 11 is 11.3. The molecule has 26 N–H and O–H groups in total. The molecular formula is C54H90Cl2N6O22P6. The Kier molecular flexibility index (Phi) is 46.3. The molecule has 6 aromatic rings. The molecule has 1 fully saturated rings. The van der Waals surface area contributed by atoms with Crippen molar-refractivity contribution >= 4 is 92.9 Å². The van der Waals surface area contributed by atoms with Crippen LogP contribution in [0.15, 0.2) is 121 Å². The first-order valence-electron chi connectivity index (χ1n) is 27.0. The number of hydrogen-bond donors (Lipinski definition) is 6. The van der Waals surface area contributed by atoms with Gasteiger partial charge in [-0.15, -0.1) is 0 Å². The third-order valence-corrected chi connectivity index (χ3v) is 22.2. The van der Waals surface area contributed by atoms with Crippen molar-refractivity contribution in [1.29, 1.82) is 0 Å². The third kappa shape index (κ3) is 35.6. The molecule has 36 heteroatoms. The Morgan fingerprint density at radius 3 is 0.544 bits per heavy atom. The van der Waals surface area contributed by atoms with E-state index in [1.807, 2.05) is 48.5 Å². The summed E-state index contributed by atoms with van der Waals surface area (Å²) in [7, 11) is -39.3. The molecule has 512 valence electrons.